The molecular weight excluding hydrogens is 195 g/mol. The van der Waals surface area contributed by atoms with E-state index in [1.54, 1.807) is 6.92 Å². The summed E-state index contributed by atoms with van der Waals surface area (Å²) in [7, 11) is 0. The Kier molecular flexibility index (Phi) is 1.92. The Bertz CT molecular complexity index is 267. The van der Waals surface area contributed by atoms with Gasteiger partial charge in [0.25, 0.3) is 0 Å². The average molecular weight is 204 g/mol. The Morgan fingerprint density at radius 2 is 2.30 bits per heavy atom. The molecule has 0 radical (unpaired) electrons. The van der Waals surface area contributed by atoms with Crippen LogP contribution >= 0.6 is 0 Å². The maximum absolute atomic E-state index is 10.9. The van der Waals surface area contributed by atoms with Gasteiger partial charge in [-0.2, -0.15) is 0 Å². The van der Waals surface area contributed by atoms with Crippen LogP contribution in [-0.2, 0) is 0 Å². The molecule has 0 aromatic carbocycles. The number of ketones is 1. The Morgan fingerprint density at radius 1 is 1.70 bits per heavy atom. The predicted molar refractivity (Wildman–Crippen MR) is 39.1 cm³/mol. The number of aryl methyl sites for hydroxylation is 1. The van der Waals surface area contributed by atoms with Crippen LogP contribution in [0.25, 0.3) is 0 Å². The van der Waals surface area contributed by atoms with Crippen LogP contribution in [0.15, 0.2) is 0 Å². The number of Topliss-reactive ketones (excluding diaryl/α,β-unsaturated/α-hetero) is 1. The van der Waals surface area contributed by atoms with E-state index in [0.717, 1.165) is 14.8 Å². The van der Waals surface area contributed by atoms with Gasteiger partial charge in [-0.3, -0.25) is 0 Å². The quantitative estimate of drug-likeness (QED) is 0.502. The van der Waals surface area contributed by atoms with Crippen LogP contribution in [0, 0.1) is 6.92 Å². The van der Waals surface area contributed by atoms with Gasteiger partial charge < -0.3 is 0 Å². The molecule has 10 heavy (non-hydrogen) atoms. The fraction of sp³-hybridized carbons (Fsp3) is 0.333. The molecule has 3 N–H and O–H groups in total. The number of H-pyrrole nitrogens is 1. The Morgan fingerprint density at radius 3 is 2.50 bits per heavy atom. The summed E-state index contributed by atoms with van der Waals surface area (Å²) in [6.45, 7) is 3.44. The fourth-order valence-corrected chi connectivity index (χ4v) is 2.41. The van der Waals surface area contributed by atoms with Crippen LogP contribution < -0.4 is 10.7 Å². The summed E-state index contributed by atoms with van der Waals surface area (Å²) in [5, 5.41) is 0. The van der Waals surface area contributed by atoms with E-state index in [4.69, 9.17) is 5.73 Å². The molecule has 4 heteroatoms. The van der Waals surface area contributed by atoms with Crippen molar-refractivity contribution in [3.63, 3.8) is 0 Å². The summed E-state index contributed by atoms with van der Waals surface area (Å²) < 4.78 is 1.60. The first-order chi connectivity index (χ1) is 4.61. The zero-order valence-electron chi connectivity index (χ0n) is 5.89. The van der Waals surface area contributed by atoms with Crippen LogP contribution in [-0.4, -0.2) is 20.3 Å². The third kappa shape index (κ3) is 1.28. The number of aromatic amines is 1. The monoisotopic (exact) mass is 205 g/mol. The molecule has 0 spiro atoms. The Hall–Kier alpha value is -0.601. The zero-order chi connectivity index (χ0) is 7.72. The molecule has 3 nitrogen and oxygen atoms in total. The molecular formula is C6H9N2OSe+. The molecule has 1 aromatic rings. The molecule has 0 atom stereocenters. The van der Waals surface area contributed by atoms with Crippen LogP contribution in [0.3, 0.4) is 0 Å². The van der Waals surface area contributed by atoms with Crippen molar-refractivity contribution < 1.29 is 9.78 Å². The van der Waals surface area contributed by atoms with Gasteiger partial charge in [-0.05, 0) is 0 Å². The number of rotatable bonds is 1. The zero-order valence-corrected chi connectivity index (χ0v) is 7.61. The molecule has 1 aromatic heterocycles. The van der Waals surface area contributed by atoms with Crippen molar-refractivity contribution in [3.05, 3.63) is 10.1 Å². The number of nitrogens with two attached hydrogens (primary N) is 1. The average Bonchev–Trinajstić information content (AvgIpc) is 2.10. The summed E-state index contributed by atoms with van der Waals surface area (Å²) >= 11 is 0.0515. The normalized spacial score (nSPS) is 9.80. The molecule has 0 amide bonds. The topological polar surface area (TPSA) is 57.2 Å². The van der Waals surface area contributed by atoms with Crippen molar-refractivity contribution in [1.29, 1.82) is 0 Å². The fourth-order valence-electron chi connectivity index (χ4n) is 0.789. The van der Waals surface area contributed by atoms with Crippen LogP contribution in [0.5, 0.6) is 0 Å². The van der Waals surface area contributed by atoms with Gasteiger partial charge in [-0.1, -0.05) is 0 Å². The Labute approximate surface area is 65.0 Å². The number of carbonyl (C=O) groups is 1. The van der Waals surface area contributed by atoms with Crippen molar-refractivity contribution in [2.45, 2.75) is 13.8 Å². The van der Waals surface area contributed by atoms with Gasteiger partial charge in [0.05, 0.1) is 0 Å². The number of carbonyl (C=O) groups excluding carboxylic acids is 1. The van der Waals surface area contributed by atoms with Gasteiger partial charge in [0.1, 0.15) is 0 Å². The molecule has 0 saturated carbocycles. The minimum absolute atomic E-state index is 0.0515. The maximum atomic E-state index is 10.9. The number of nitrogens with one attached hydrogen (secondary N) is 1. The number of aromatic nitrogens is 1. The van der Waals surface area contributed by atoms with Gasteiger partial charge in [-0.15, -0.1) is 0 Å². The molecule has 0 aliphatic carbocycles. The van der Waals surface area contributed by atoms with Gasteiger partial charge in [0.15, 0.2) is 0 Å². The molecule has 54 valence electrons. The summed E-state index contributed by atoms with van der Waals surface area (Å²) in [6.07, 6.45) is 0. The number of anilines is 1. The summed E-state index contributed by atoms with van der Waals surface area (Å²) in [5.41, 5.74) is 6.41. The van der Waals surface area contributed by atoms with Crippen LogP contribution in [0.4, 0.5) is 4.69 Å². The van der Waals surface area contributed by atoms with Gasteiger partial charge >= 0.3 is 64.5 Å². The predicted octanol–water partition coefficient (Wildman–Crippen LogP) is -0.349. The number of hydrogen-bond acceptors (Lipinski definition) is 2. The van der Waals surface area contributed by atoms with Crippen molar-refractivity contribution >= 4 is 25.0 Å². The first kappa shape index (κ1) is 7.51. The van der Waals surface area contributed by atoms with Crippen molar-refractivity contribution in [2.24, 2.45) is 0 Å². The number of nitrogen functional groups attached to an aromatic ring is 1. The van der Waals surface area contributed by atoms with E-state index in [9.17, 15) is 4.79 Å². The van der Waals surface area contributed by atoms with Gasteiger partial charge in [0, 0.05) is 0 Å². The second kappa shape index (κ2) is 2.56. The van der Waals surface area contributed by atoms with Crippen molar-refractivity contribution in [2.75, 3.05) is 5.73 Å². The molecule has 0 aliphatic rings. The SMILES string of the molecule is CC(=O)c1[se]c(N)[nH+]c1C. The van der Waals surface area contributed by atoms with E-state index in [-0.39, 0.29) is 20.3 Å². The molecule has 0 unspecified atom stereocenters. The summed E-state index contributed by atoms with van der Waals surface area (Å²) in [5.74, 6) is 0.130. The molecule has 1 rings (SSSR count). The van der Waals surface area contributed by atoms with Crippen LogP contribution in [0.2, 0.25) is 0 Å². The second-order valence-electron chi connectivity index (χ2n) is 2.10. The molecule has 0 bridgehead atoms. The summed E-state index contributed by atoms with van der Waals surface area (Å²) in [6, 6.07) is 0. The van der Waals surface area contributed by atoms with Gasteiger partial charge in [0.2, 0.25) is 0 Å². The molecule has 0 fully saturated rings. The van der Waals surface area contributed by atoms with E-state index in [0.29, 0.717) is 0 Å². The second-order valence-corrected chi connectivity index (χ2v) is 4.31. The van der Waals surface area contributed by atoms with E-state index in [2.05, 4.69) is 4.98 Å². The van der Waals surface area contributed by atoms with E-state index in [1.807, 2.05) is 6.92 Å². The third-order valence-electron chi connectivity index (χ3n) is 1.18. The first-order valence-electron chi connectivity index (χ1n) is 2.90. The summed E-state index contributed by atoms with van der Waals surface area (Å²) in [4.78, 5) is 13.8. The van der Waals surface area contributed by atoms with E-state index < -0.39 is 0 Å². The third-order valence-corrected chi connectivity index (χ3v) is 3.53. The minimum atomic E-state index is 0.0515. The Balaban J connectivity index is 3.15. The molecule has 0 saturated heterocycles. The first-order valence-corrected chi connectivity index (χ1v) is 4.61. The van der Waals surface area contributed by atoms with Gasteiger partial charge in [-0.25, -0.2) is 0 Å². The van der Waals surface area contributed by atoms with Crippen molar-refractivity contribution in [1.82, 2.24) is 0 Å². The van der Waals surface area contributed by atoms with Crippen molar-refractivity contribution in [3.8, 4) is 0 Å². The van der Waals surface area contributed by atoms with E-state index in [1.165, 1.54) is 0 Å². The van der Waals surface area contributed by atoms with E-state index >= 15 is 0 Å². The van der Waals surface area contributed by atoms with Crippen LogP contribution in [0.1, 0.15) is 21.8 Å². The number of hydrogen-bond donors (Lipinski definition) is 1. The standard InChI is InChI=1S/C6H8N2OSe/c1-3-5(4(2)9)10-6(7)8-3/h1-2H3,(H2,7,8)/p+1. The molecule has 0 aliphatic heterocycles. The molecule has 1 heterocycles.